The van der Waals surface area contributed by atoms with Crippen molar-refractivity contribution in [3.8, 4) is 0 Å². The molecule has 0 saturated heterocycles. The van der Waals surface area contributed by atoms with Crippen molar-refractivity contribution in [3.63, 3.8) is 0 Å². The molecular weight excluding hydrogens is 174 g/mol. The Labute approximate surface area is 86.1 Å². The second kappa shape index (κ2) is 3.21. The van der Waals surface area contributed by atoms with Crippen LogP contribution in [0.15, 0.2) is 0 Å². The fourth-order valence-electron chi connectivity index (χ4n) is 2.70. The van der Waals surface area contributed by atoms with Crippen molar-refractivity contribution in [1.82, 2.24) is 5.32 Å². The van der Waals surface area contributed by atoms with Gasteiger partial charge in [-0.05, 0) is 56.8 Å². The van der Waals surface area contributed by atoms with Crippen LogP contribution in [0.3, 0.4) is 0 Å². The lowest BCUT2D eigenvalue weighted by Crippen LogP contribution is -2.50. The van der Waals surface area contributed by atoms with Gasteiger partial charge in [-0.1, -0.05) is 0 Å². The molecule has 0 aliphatic heterocycles. The molecular formula is C12H21NO. The van der Waals surface area contributed by atoms with Gasteiger partial charge in [0.1, 0.15) is 0 Å². The summed E-state index contributed by atoms with van der Waals surface area (Å²) in [4.78, 5) is 0. The van der Waals surface area contributed by atoms with Gasteiger partial charge in [-0.25, -0.2) is 0 Å². The fraction of sp³-hybridized carbons (Fsp3) is 1.00. The van der Waals surface area contributed by atoms with Crippen LogP contribution in [-0.4, -0.2) is 23.3 Å². The highest BCUT2D eigenvalue weighted by Crippen LogP contribution is 2.45. The molecule has 80 valence electrons. The van der Waals surface area contributed by atoms with Crippen LogP contribution in [0.4, 0.5) is 0 Å². The average molecular weight is 195 g/mol. The zero-order valence-electron chi connectivity index (χ0n) is 8.84. The molecule has 3 aliphatic rings. The van der Waals surface area contributed by atoms with Gasteiger partial charge >= 0.3 is 0 Å². The van der Waals surface area contributed by atoms with Gasteiger partial charge in [0.25, 0.3) is 0 Å². The van der Waals surface area contributed by atoms with E-state index >= 15 is 0 Å². The molecule has 0 aromatic carbocycles. The van der Waals surface area contributed by atoms with Crippen molar-refractivity contribution in [2.75, 3.05) is 6.54 Å². The smallest absolute Gasteiger partial charge is 0.0771 e. The van der Waals surface area contributed by atoms with E-state index in [0.29, 0.717) is 0 Å². The number of hydrogen-bond acceptors (Lipinski definition) is 2. The van der Waals surface area contributed by atoms with Crippen molar-refractivity contribution < 1.29 is 5.11 Å². The summed E-state index contributed by atoms with van der Waals surface area (Å²) >= 11 is 0. The van der Waals surface area contributed by atoms with Crippen LogP contribution in [0, 0.1) is 11.8 Å². The third-order valence-electron chi connectivity index (χ3n) is 4.21. The summed E-state index contributed by atoms with van der Waals surface area (Å²) in [7, 11) is 0. The van der Waals surface area contributed by atoms with Gasteiger partial charge in [-0.2, -0.15) is 0 Å². The highest BCUT2D eigenvalue weighted by molar-refractivity contribution is 4.99. The molecule has 2 heteroatoms. The van der Waals surface area contributed by atoms with E-state index in [-0.39, 0.29) is 5.60 Å². The monoisotopic (exact) mass is 195 g/mol. The van der Waals surface area contributed by atoms with E-state index in [9.17, 15) is 5.11 Å². The fourth-order valence-corrected chi connectivity index (χ4v) is 2.70. The molecule has 0 bridgehead atoms. The molecule has 0 radical (unpaired) electrons. The summed E-state index contributed by atoms with van der Waals surface area (Å²) in [5.74, 6) is 1.90. The lowest BCUT2D eigenvalue weighted by Gasteiger charge is -2.38. The van der Waals surface area contributed by atoms with E-state index in [2.05, 4.69) is 5.32 Å². The lowest BCUT2D eigenvalue weighted by molar-refractivity contribution is -0.0341. The van der Waals surface area contributed by atoms with Crippen molar-refractivity contribution in [2.45, 2.75) is 56.6 Å². The van der Waals surface area contributed by atoms with Crippen LogP contribution >= 0.6 is 0 Å². The SMILES string of the molecule is OC1(CNC(C2CC2)C2CC2)CCC1. The highest BCUT2D eigenvalue weighted by atomic mass is 16.3. The first-order valence-electron chi connectivity index (χ1n) is 6.23. The predicted octanol–water partition coefficient (Wildman–Crippen LogP) is 1.68. The van der Waals surface area contributed by atoms with E-state index in [1.54, 1.807) is 0 Å². The standard InChI is InChI=1S/C12H21NO/c14-12(6-1-7-12)8-13-11(9-2-3-9)10-4-5-10/h9-11,13-14H,1-8H2. The number of rotatable bonds is 5. The van der Waals surface area contributed by atoms with Gasteiger partial charge in [0.05, 0.1) is 5.60 Å². The van der Waals surface area contributed by atoms with Gasteiger partial charge in [0.15, 0.2) is 0 Å². The van der Waals surface area contributed by atoms with Crippen molar-refractivity contribution in [3.05, 3.63) is 0 Å². The number of nitrogens with one attached hydrogen (secondary N) is 1. The van der Waals surface area contributed by atoms with Gasteiger partial charge in [-0.15, -0.1) is 0 Å². The molecule has 0 aromatic rings. The Morgan fingerprint density at radius 3 is 2.07 bits per heavy atom. The van der Waals surface area contributed by atoms with Crippen molar-refractivity contribution in [1.29, 1.82) is 0 Å². The molecule has 3 saturated carbocycles. The molecule has 0 aromatic heterocycles. The van der Waals surface area contributed by atoms with Crippen molar-refractivity contribution >= 4 is 0 Å². The summed E-state index contributed by atoms with van der Waals surface area (Å²) in [6, 6.07) is 0.750. The second-order valence-electron chi connectivity index (χ2n) is 5.66. The third-order valence-corrected chi connectivity index (χ3v) is 4.21. The van der Waals surface area contributed by atoms with E-state index in [4.69, 9.17) is 0 Å². The Morgan fingerprint density at radius 1 is 1.14 bits per heavy atom. The van der Waals surface area contributed by atoms with Gasteiger partial charge < -0.3 is 10.4 Å². The van der Waals surface area contributed by atoms with Crippen LogP contribution in [0.1, 0.15) is 44.9 Å². The zero-order chi connectivity index (χ0) is 9.60. The molecule has 0 unspecified atom stereocenters. The molecule has 14 heavy (non-hydrogen) atoms. The summed E-state index contributed by atoms with van der Waals surface area (Å²) in [6.07, 6.45) is 8.94. The third kappa shape index (κ3) is 1.82. The summed E-state index contributed by atoms with van der Waals surface area (Å²) < 4.78 is 0. The summed E-state index contributed by atoms with van der Waals surface area (Å²) in [5, 5.41) is 13.6. The van der Waals surface area contributed by atoms with Gasteiger partial charge in [-0.3, -0.25) is 0 Å². The minimum atomic E-state index is -0.331. The molecule has 3 rings (SSSR count). The van der Waals surface area contributed by atoms with Crippen LogP contribution < -0.4 is 5.32 Å². The Hall–Kier alpha value is -0.0800. The van der Waals surface area contributed by atoms with Crippen molar-refractivity contribution in [2.24, 2.45) is 11.8 Å². The van der Waals surface area contributed by atoms with Gasteiger partial charge in [0, 0.05) is 12.6 Å². The largest absolute Gasteiger partial charge is 0.389 e. The van der Waals surface area contributed by atoms with Crippen LogP contribution in [0.2, 0.25) is 0 Å². The van der Waals surface area contributed by atoms with E-state index in [1.807, 2.05) is 0 Å². The summed E-state index contributed by atoms with van der Waals surface area (Å²) in [5.41, 5.74) is -0.331. The first-order chi connectivity index (χ1) is 6.77. The molecule has 2 N–H and O–H groups in total. The van der Waals surface area contributed by atoms with Crippen LogP contribution in [0.25, 0.3) is 0 Å². The molecule has 0 heterocycles. The van der Waals surface area contributed by atoms with Gasteiger partial charge in [0.2, 0.25) is 0 Å². The minimum Gasteiger partial charge on any atom is -0.389 e. The van der Waals surface area contributed by atoms with Crippen LogP contribution in [-0.2, 0) is 0 Å². The van der Waals surface area contributed by atoms with Crippen LogP contribution in [0.5, 0.6) is 0 Å². The maximum Gasteiger partial charge on any atom is 0.0771 e. The molecule has 3 fully saturated rings. The Kier molecular flexibility index (Phi) is 2.10. The zero-order valence-corrected chi connectivity index (χ0v) is 8.84. The second-order valence-corrected chi connectivity index (χ2v) is 5.66. The molecule has 0 atom stereocenters. The first-order valence-corrected chi connectivity index (χ1v) is 6.23. The van der Waals surface area contributed by atoms with E-state index in [0.717, 1.165) is 37.3 Å². The van der Waals surface area contributed by atoms with E-state index in [1.165, 1.54) is 32.1 Å². The molecule has 0 amide bonds. The molecule has 3 aliphatic carbocycles. The molecule has 0 spiro atoms. The number of hydrogen-bond donors (Lipinski definition) is 2. The summed E-state index contributed by atoms with van der Waals surface area (Å²) in [6.45, 7) is 0.852. The maximum atomic E-state index is 10.0. The minimum absolute atomic E-state index is 0.331. The Bertz CT molecular complexity index is 204. The topological polar surface area (TPSA) is 32.3 Å². The first kappa shape index (κ1) is 9.17. The lowest BCUT2D eigenvalue weighted by atomic mass is 9.80. The maximum absolute atomic E-state index is 10.0. The highest BCUT2D eigenvalue weighted by Gasteiger charge is 2.43. The average Bonchev–Trinajstić information content (AvgIpc) is 2.96. The predicted molar refractivity (Wildman–Crippen MR) is 56.0 cm³/mol. The molecule has 2 nitrogen and oxygen atoms in total. The van der Waals surface area contributed by atoms with E-state index < -0.39 is 0 Å². The Balaban J connectivity index is 1.49. The quantitative estimate of drug-likeness (QED) is 0.699. The normalized spacial score (nSPS) is 30.4. The number of aliphatic hydroxyl groups is 1. The Morgan fingerprint density at radius 2 is 1.71 bits per heavy atom.